The number of aliphatic hydroxyl groups is 1. The minimum absolute atomic E-state index is 0. The molecule has 0 aliphatic carbocycles. The number of aliphatic hydroxyl groups excluding tert-OH is 1. The van der Waals surface area contributed by atoms with Crippen LogP contribution in [0, 0.1) is 11.8 Å². The van der Waals surface area contributed by atoms with E-state index in [4.69, 9.17) is 0 Å². The lowest BCUT2D eigenvalue weighted by Crippen LogP contribution is -3.00. The first-order valence-corrected chi connectivity index (χ1v) is 8.61. The quantitative estimate of drug-likeness (QED) is 0.427. The van der Waals surface area contributed by atoms with Crippen LogP contribution in [0.5, 0.6) is 0 Å². The Labute approximate surface area is 161 Å². The number of hydrogen-bond acceptors (Lipinski definition) is 2. The van der Waals surface area contributed by atoms with E-state index in [-0.39, 0.29) is 30.0 Å². The minimum Gasteiger partial charge on any atom is -1.00 e. The number of hydrogen-bond donors (Lipinski definition) is 1. The zero-order valence-corrected chi connectivity index (χ0v) is 16.3. The monoisotopic (exact) mass is 436 g/mol. The molecule has 1 N–H and O–H groups in total. The Hall–Kier alpha value is -0.980. The Morgan fingerprint density at radius 2 is 2.12 bits per heavy atom. The fourth-order valence-corrected chi connectivity index (χ4v) is 4.88. The molecule has 1 aromatic heterocycles. The third kappa shape index (κ3) is 2.78. The van der Waals surface area contributed by atoms with E-state index in [2.05, 4.69) is 30.8 Å². The summed E-state index contributed by atoms with van der Waals surface area (Å²) < 4.78 is 0.963. The number of fused-ring (bicyclic) bond motifs is 4. The fourth-order valence-electron chi connectivity index (χ4n) is 4.88. The number of aromatic nitrogens is 1. The molecule has 3 aliphatic rings. The molecule has 2 bridgehead atoms. The van der Waals surface area contributed by atoms with Crippen LogP contribution >= 0.6 is 0 Å². The highest BCUT2D eigenvalue weighted by molar-refractivity contribution is 5.82. The Morgan fingerprint density at radius 3 is 2.88 bits per heavy atom. The molecule has 3 aliphatic heterocycles. The van der Waals surface area contributed by atoms with Gasteiger partial charge in [-0.25, -0.2) is 0 Å². The van der Waals surface area contributed by atoms with Crippen LogP contribution in [0.1, 0.15) is 24.5 Å². The first kappa shape index (κ1) is 17.8. The van der Waals surface area contributed by atoms with Gasteiger partial charge in [0, 0.05) is 30.3 Å². The number of para-hydroxylation sites is 1. The molecule has 128 valence electrons. The van der Waals surface area contributed by atoms with Gasteiger partial charge in [0.15, 0.2) is 0 Å². The minimum atomic E-state index is -0.429. The molecule has 3 nitrogen and oxygen atoms in total. The predicted octanol–water partition coefficient (Wildman–Crippen LogP) is 0.313. The van der Waals surface area contributed by atoms with Gasteiger partial charge in [0.2, 0.25) is 0 Å². The summed E-state index contributed by atoms with van der Waals surface area (Å²) in [6.45, 7) is 6.30. The van der Waals surface area contributed by atoms with Crippen LogP contribution in [-0.2, 0) is 0 Å². The standard InChI is InChI=1S/C20H25N2O.HI/c1-3-14-13-22(2)11-9-15(14)12-19(22)20(23)17-8-10-21-18-7-5-4-6-16(17)18;/h3-8,10,14-15,19-20,23H,1,9,11-13H2,2H3;1H/q+1;/p-1/t14-,15-,19+,20-,22-;/m0./s1. The molecule has 0 saturated carbocycles. The molecule has 24 heavy (non-hydrogen) atoms. The van der Waals surface area contributed by atoms with Gasteiger partial charge in [-0.15, -0.1) is 6.58 Å². The highest BCUT2D eigenvalue weighted by atomic mass is 127. The summed E-state index contributed by atoms with van der Waals surface area (Å²) in [7, 11) is 2.31. The van der Waals surface area contributed by atoms with E-state index < -0.39 is 6.10 Å². The van der Waals surface area contributed by atoms with Crippen molar-refractivity contribution in [1.82, 2.24) is 4.98 Å². The Balaban J connectivity index is 0.00000169. The van der Waals surface area contributed by atoms with Crippen LogP contribution in [0.4, 0.5) is 0 Å². The lowest BCUT2D eigenvalue weighted by molar-refractivity contribution is -0.956. The molecule has 1 aromatic carbocycles. The third-order valence-electron chi connectivity index (χ3n) is 6.26. The summed E-state index contributed by atoms with van der Waals surface area (Å²) in [6, 6.07) is 10.4. The Bertz CT molecular complexity index is 744. The second-order valence-corrected chi connectivity index (χ2v) is 7.50. The van der Waals surface area contributed by atoms with Gasteiger partial charge in [-0.05, 0) is 23.6 Å². The molecule has 0 radical (unpaired) electrons. The van der Waals surface area contributed by atoms with Crippen LogP contribution in [0.3, 0.4) is 0 Å². The van der Waals surface area contributed by atoms with Crippen LogP contribution < -0.4 is 24.0 Å². The first-order chi connectivity index (χ1) is 11.1. The number of quaternary nitrogens is 1. The molecule has 3 saturated heterocycles. The maximum absolute atomic E-state index is 11.2. The number of pyridine rings is 1. The van der Waals surface area contributed by atoms with Gasteiger partial charge < -0.3 is 33.6 Å². The van der Waals surface area contributed by atoms with Crippen LogP contribution in [0.25, 0.3) is 10.9 Å². The van der Waals surface area contributed by atoms with Crippen molar-refractivity contribution in [2.75, 3.05) is 20.1 Å². The van der Waals surface area contributed by atoms with E-state index in [1.807, 2.05) is 30.5 Å². The molecular formula is C20H25IN2O. The smallest absolute Gasteiger partial charge is 0.131 e. The molecule has 2 aromatic rings. The van der Waals surface area contributed by atoms with E-state index in [0.717, 1.165) is 33.9 Å². The molecule has 5 atom stereocenters. The summed E-state index contributed by atoms with van der Waals surface area (Å²) in [6.07, 6.45) is 5.87. The van der Waals surface area contributed by atoms with Crippen molar-refractivity contribution in [3.05, 3.63) is 54.7 Å². The van der Waals surface area contributed by atoms with Crippen molar-refractivity contribution in [3.8, 4) is 0 Å². The summed E-state index contributed by atoms with van der Waals surface area (Å²) in [4.78, 5) is 4.43. The molecule has 4 heteroatoms. The van der Waals surface area contributed by atoms with E-state index in [0.29, 0.717) is 11.8 Å². The highest BCUT2D eigenvalue weighted by Gasteiger charge is 2.51. The number of benzene rings is 1. The number of rotatable bonds is 3. The first-order valence-electron chi connectivity index (χ1n) is 8.61. The van der Waals surface area contributed by atoms with E-state index >= 15 is 0 Å². The summed E-state index contributed by atoms with van der Waals surface area (Å²) in [5.41, 5.74) is 1.99. The van der Waals surface area contributed by atoms with E-state index in [9.17, 15) is 5.11 Å². The van der Waals surface area contributed by atoms with Crippen molar-refractivity contribution in [2.24, 2.45) is 11.8 Å². The lowest BCUT2D eigenvalue weighted by Gasteiger charge is -2.56. The maximum Gasteiger partial charge on any atom is 0.131 e. The zero-order valence-electron chi connectivity index (χ0n) is 14.1. The number of halogens is 1. The second kappa shape index (κ2) is 6.73. The van der Waals surface area contributed by atoms with Crippen molar-refractivity contribution in [3.63, 3.8) is 0 Å². The van der Waals surface area contributed by atoms with Crippen molar-refractivity contribution in [2.45, 2.75) is 25.0 Å². The average molecular weight is 436 g/mol. The SMILES string of the molecule is C=C[C@H]1C[N@+]2(C)CC[C@H]1C[C@@H]2[C@@H](O)c1ccnc2ccccc12.[I-]. The van der Waals surface area contributed by atoms with Crippen LogP contribution in [0.2, 0.25) is 0 Å². The van der Waals surface area contributed by atoms with Crippen molar-refractivity contribution < 1.29 is 33.6 Å². The topological polar surface area (TPSA) is 33.1 Å². The van der Waals surface area contributed by atoms with Gasteiger partial charge in [-0.2, -0.15) is 0 Å². The Kier molecular flexibility index (Phi) is 5.00. The molecule has 3 fully saturated rings. The van der Waals surface area contributed by atoms with Gasteiger partial charge in [-0.1, -0.05) is 24.3 Å². The predicted molar refractivity (Wildman–Crippen MR) is 92.8 cm³/mol. The molecule has 5 rings (SSSR count). The van der Waals surface area contributed by atoms with Crippen LogP contribution in [-0.4, -0.2) is 40.8 Å². The molecule has 0 unspecified atom stereocenters. The molecule has 4 heterocycles. The Morgan fingerprint density at radius 1 is 1.33 bits per heavy atom. The van der Waals surface area contributed by atoms with Crippen molar-refractivity contribution >= 4 is 10.9 Å². The van der Waals surface area contributed by atoms with Gasteiger partial charge in [0.1, 0.15) is 12.1 Å². The zero-order chi connectivity index (χ0) is 16.0. The van der Waals surface area contributed by atoms with Gasteiger partial charge in [0.05, 0.1) is 25.7 Å². The normalized spacial score (nSPS) is 33.0. The largest absolute Gasteiger partial charge is 1.00 e. The van der Waals surface area contributed by atoms with E-state index in [1.54, 1.807) is 0 Å². The summed E-state index contributed by atoms with van der Waals surface area (Å²) in [5, 5.41) is 12.3. The number of nitrogens with zero attached hydrogens (tertiary/aromatic N) is 2. The average Bonchev–Trinajstić information content (AvgIpc) is 2.60. The van der Waals surface area contributed by atoms with Gasteiger partial charge >= 0.3 is 0 Å². The van der Waals surface area contributed by atoms with Gasteiger partial charge in [-0.3, -0.25) is 4.98 Å². The third-order valence-corrected chi connectivity index (χ3v) is 6.26. The lowest BCUT2D eigenvalue weighted by atomic mass is 9.72. The summed E-state index contributed by atoms with van der Waals surface area (Å²) in [5.74, 6) is 1.28. The van der Waals surface area contributed by atoms with E-state index in [1.165, 1.54) is 13.0 Å². The van der Waals surface area contributed by atoms with Gasteiger partial charge in [0.25, 0.3) is 0 Å². The van der Waals surface area contributed by atoms with Crippen molar-refractivity contribution in [1.29, 1.82) is 0 Å². The molecule has 0 spiro atoms. The second-order valence-electron chi connectivity index (χ2n) is 7.50. The maximum atomic E-state index is 11.2. The molecular weight excluding hydrogens is 411 g/mol. The summed E-state index contributed by atoms with van der Waals surface area (Å²) >= 11 is 0. The molecule has 0 amide bonds. The van der Waals surface area contributed by atoms with Crippen LogP contribution in [0.15, 0.2) is 49.2 Å². The number of piperidine rings is 3. The number of likely N-dealkylation sites (N-methyl/N-ethyl adjacent to an activating group) is 1. The fraction of sp³-hybridized carbons (Fsp3) is 0.450. The highest BCUT2D eigenvalue weighted by Crippen LogP contribution is 2.45.